The van der Waals surface area contributed by atoms with E-state index in [9.17, 15) is 23.1 Å². The molecule has 4 N–H and O–H groups in total. The largest absolute Gasteiger partial charge is 1.00 e. The maximum absolute atomic E-state index is 13.5. The van der Waals surface area contributed by atoms with Gasteiger partial charge in [0, 0.05) is 46.9 Å². The molecule has 0 aliphatic rings. The van der Waals surface area contributed by atoms with E-state index in [0.717, 1.165) is 17.2 Å². The van der Waals surface area contributed by atoms with Gasteiger partial charge in [0.2, 0.25) is 10.0 Å². The number of aliphatic carboxylic acids is 1. The van der Waals surface area contributed by atoms with Gasteiger partial charge in [-0.05, 0) is 41.3 Å². The first-order valence-corrected chi connectivity index (χ1v) is 19.9. The van der Waals surface area contributed by atoms with E-state index < -0.39 is 28.6 Å². The minimum Gasteiger partial charge on any atom is -0.548 e. The molecule has 0 aliphatic heterocycles. The number of nitrogens with zero attached hydrogens (tertiary/aromatic N) is 1. The minimum atomic E-state index is -3.65. The first-order valence-electron chi connectivity index (χ1n) is 18.0. The van der Waals surface area contributed by atoms with Gasteiger partial charge >= 0.3 is 35.6 Å². The number of pyridine rings is 1. The van der Waals surface area contributed by atoms with Crippen molar-refractivity contribution < 1.29 is 81.1 Å². The van der Waals surface area contributed by atoms with Gasteiger partial charge in [0.25, 0.3) is 0 Å². The number of sulfonamides is 1. The molecule has 5 rings (SSSR count). The molecule has 0 radical (unpaired) electrons. The summed E-state index contributed by atoms with van der Waals surface area (Å²) in [6.45, 7) is 6.25. The third-order valence-corrected chi connectivity index (χ3v) is 8.86. The summed E-state index contributed by atoms with van der Waals surface area (Å²) in [5.74, 6) is 1.44. The van der Waals surface area contributed by atoms with Crippen molar-refractivity contribution in [3.63, 3.8) is 0 Å². The minimum absolute atomic E-state index is 0. The van der Waals surface area contributed by atoms with Crippen molar-refractivity contribution in [3.05, 3.63) is 90.6 Å². The predicted octanol–water partition coefficient (Wildman–Crippen LogP) is 3.27. The molecule has 59 heavy (non-hydrogen) atoms. The fourth-order valence-electron chi connectivity index (χ4n) is 5.65. The first-order chi connectivity index (χ1) is 27.6. The monoisotopic (exact) mass is 839 g/mol. The molecule has 2 amide bonds. The van der Waals surface area contributed by atoms with Gasteiger partial charge in [-0.15, -0.1) is 0 Å². The van der Waals surface area contributed by atoms with Crippen molar-refractivity contribution in [2.24, 2.45) is 0 Å². The molecule has 0 unspecified atom stereocenters. The van der Waals surface area contributed by atoms with Crippen molar-refractivity contribution in [3.8, 4) is 28.7 Å². The van der Waals surface area contributed by atoms with E-state index >= 15 is 0 Å². The van der Waals surface area contributed by atoms with Crippen molar-refractivity contribution in [1.82, 2.24) is 4.98 Å². The Balaban J connectivity index is 0.00000769. The molecule has 0 atom stereocenters. The molecule has 308 valence electrons. The molecule has 0 bridgehead atoms. The van der Waals surface area contributed by atoms with Crippen molar-refractivity contribution in [1.29, 1.82) is 0 Å². The number of carboxylic acid groups (broad SMARTS) is 1. The van der Waals surface area contributed by atoms with Crippen LogP contribution in [0.5, 0.6) is 28.7 Å². The number of hydrogen-bond acceptors (Lipinski definition) is 13. The Morgan fingerprint density at radius 1 is 0.763 bits per heavy atom. The van der Waals surface area contributed by atoms with Crippen LogP contribution < -0.4 is 74.3 Å². The Hall–Kier alpha value is -5.30. The Morgan fingerprint density at radius 3 is 2.14 bits per heavy atom. The standard InChI is InChI=1S/C41H47N5O11S.Na/c1-41(2,3)26-19-34(39(53-5)35(20-26)46-58(6,50)51)45-40(49)44-33-11-12-36(32-10-8-7-9-31(32)33)57-28-13-14-42-37(24-28)43-27-21-29(52-4)23-30(22-27)56-18-17-54-15-16-55-25-38(47)48;/h7-14,19-24,46H,15-18,25H2,1-6H3,(H,42,43)(H,47,48)(H2,44,45,49);/q;+1/p-1. The van der Waals surface area contributed by atoms with E-state index in [4.69, 9.17) is 28.4 Å². The van der Waals surface area contributed by atoms with Gasteiger partial charge in [-0.2, -0.15) is 0 Å². The summed E-state index contributed by atoms with van der Waals surface area (Å²) in [6.07, 6.45) is 2.65. The number of rotatable bonds is 19. The molecule has 16 nitrogen and oxygen atoms in total. The predicted molar refractivity (Wildman–Crippen MR) is 219 cm³/mol. The third kappa shape index (κ3) is 13.9. The maximum Gasteiger partial charge on any atom is 1.00 e. The van der Waals surface area contributed by atoms with Crippen LogP contribution in [-0.4, -0.2) is 78.9 Å². The smallest absolute Gasteiger partial charge is 0.548 e. The quantitative estimate of drug-likeness (QED) is 0.0697. The average Bonchev–Trinajstić information content (AvgIpc) is 3.15. The molecule has 18 heteroatoms. The van der Waals surface area contributed by atoms with E-state index in [1.165, 1.54) is 7.11 Å². The number of amides is 2. The van der Waals surface area contributed by atoms with Gasteiger partial charge in [-0.3, -0.25) is 4.72 Å². The van der Waals surface area contributed by atoms with Crippen LogP contribution >= 0.6 is 0 Å². The molecule has 0 saturated carbocycles. The normalized spacial score (nSPS) is 11.2. The number of hydrogen-bond donors (Lipinski definition) is 4. The number of carbonyl (C=O) groups is 2. The molecule has 0 saturated heterocycles. The molecule has 1 heterocycles. The fourth-order valence-corrected chi connectivity index (χ4v) is 6.20. The molecular formula is C41H46N5NaO11S. The zero-order valence-corrected chi connectivity index (χ0v) is 36.8. The molecular weight excluding hydrogens is 794 g/mol. The van der Waals surface area contributed by atoms with Crippen LogP contribution in [0.2, 0.25) is 0 Å². The van der Waals surface area contributed by atoms with Gasteiger partial charge in [0.1, 0.15) is 35.4 Å². The Bertz CT molecular complexity index is 2360. The Kier molecular flexibility index (Phi) is 16.6. The van der Waals surface area contributed by atoms with Crippen LogP contribution in [0.4, 0.5) is 33.4 Å². The number of ether oxygens (including phenoxy) is 6. The number of nitrogens with one attached hydrogen (secondary N) is 4. The molecule has 0 fully saturated rings. The fraction of sp³-hybridized carbons (Fsp3) is 0.293. The number of carbonyl (C=O) groups excluding carboxylic acids is 2. The summed E-state index contributed by atoms with van der Waals surface area (Å²) in [4.78, 5) is 28.4. The maximum atomic E-state index is 13.5. The molecule has 0 aliphatic carbocycles. The van der Waals surface area contributed by atoms with Gasteiger partial charge in [0.15, 0.2) is 5.75 Å². The van der Waals surface area contributed by atoms with Gasteiger partial charge in [-0.25, -0.2) is 18.2 Å². The van der Waals surface area contributed by atoms with E-state index in [-0.39, 0.29) is 78.5 Å². The molecule has 0 spiro atoms. The van der Waals surface area contributed by atoms with Gasteiger partial charge in [0.05, 0.1) is 69.9 Å². The first kappa shape index (κ1) is 46.4. The number of anilines is 5. The Labute approximate surface area is 365 Å². The summed E-state index contributed by atoms with van der Waals surface area (Å²) in [5.41, 5.74) is 2.02. The summed E-state index contributed by atoms with van der Waals surface area (Å²) in [7, 11) is -0.709. The summed E-state index contributed by atoms with van der Waals surface area (Å²) in [6, 6.07) is 22.5. The zero-order chi connectivity index (χ0) is 41.9. The second-order valence-corrected chi connectivity index (χ2v) is 15.6. The van der Waals surface area contributed by atoms with Crippen LogP contribution in [-0.2, 0) is 29.7 Å². The van der Waals surface area contributed by atoms with Crippen LogP contribution in [0.15, 0.2) is 85.1 Å². The van der Waals surface area contributed by atoms with E-state index in [1.54, 1.807) is 67.9 Å². The van der Waals surface area contributed by atoms with Crippen LogP contribution in [0.25, 0.3) is 10.8 Å². The second kappa shape index (κ2) is 21.1. The van der Waals surface area contributed by atoms with Crippen molar-refractivity contribution >= 4 is 61.4 Å². The number of carboxylic acids is 1. The number of urea groups is 1. The molecule has 4 aromatic carbocycles. The summed E-state index contributed by atoms with van der Waals surface area (Å²) in [5, 5.41) is 20.8. The number of methoxy groups -OCH3 is 2. The van der Waals surface area contributed by atoms with Crippen LogP contribution in [0.1, 0.15) is 26.3 Å². The van der Waals surface area contributed by atoms with E-state index in [1.807, 2.05) is 45.0 Å². The second-order valence-electron chi connectivity index (χ2n) is 13.9. The van der Waals surface area contributed by atoms with Gasteiger partial charge < -0.3 is 54.3 Å². The number of aromatic nitrogens is 1. The topological polar surface area (TPSA) is 208 Å². The Morgan fingerprint density at radius 2 is 1.44 bits per heavy atom. The number of fused-ring (bicyclic) bond motifs is 1. The van der Waals surface area contributed by atoms with Crippen molar-refractivity contribution in [2.75, 3.05) is 74.2 Å². The van der Waals surface area contributed by atoms with Crippen LogP contribution in [0.3, 0.4) is 0 Å². The third-order valence-electron chi connectivity index (χ3n) is 8.27. The van der Waals surface area contributed by atoms with E-state index in [2.05, 4.69) is 25.7 Å². The summed E-state index contributed by atoms with van der Waals surface area (Å²) >= 11 is 0. The van der Waals surface area contributed by atoms with Gasteiger partial charge in [-0.1, -0.05) is 45.0 Å². The van der Waals surface area contributed by atoms with Crippen LogP contribution in [0, 0.1) is 0 Å². The molecule has 5 aromatic rings. The average molecular weight is 840 g/mol. The van der Waals surface area contributed by atoms with Crippen molar-refractivity contribution in [2.45, 2.75) is 26.2 Å². The number of benzene rings is 4. The zero-order valence-electron chi connectivity index (χ0n) is 34.0. The SMILES string of the molecule is COc1cc(Nc2cc(Oc3ccc(NC(=O)Nc4cc(C(C)(C)C)cc(NS(C)(=O)=O)c4OC)c4ccccc34)ccn2)cc(OCCOCCOCC(=O)[O-])c1.[Na+]. The summed E-state index contributed by atoms with van der Waals surface area (Å²) < 4.78 is 60.3. The van der Waals surface area contributed by atoms with E-state index in [0.29, 0.717) is 45.6 Å². The molecule has 1 aromatic heterocycles.